The van der Waals surface area contributed by atoms with Crippen molar-refractivity contribution >= 4 is 33.4 Å². The van der Waals surface area contributed by atoms with Gasteiger partial charge in [0.25, 0.3) is 5.91 Å². The Labute approximate surface area is 150 Å². The number of ether oxygens (including phenoxy) is 1. The molecule has 0 atom stereocenters. The molecule has 3 rings (SSSR count). The second kappa shape index (κ2) is 7.07. The fourth-order valence-electron chi connectivity index (χ4n) is 2.72. The molecule has 132 valence electrons. The number of fused-ring (bicyclic) bond motifs is 1. The normalized spacial score (nSPS) is 13.8. The molecule has 2 aromatic carbocycles. The summed E-state index contributed by atoms with van der Waals surface area (Å²) in [6, 6.07) is 9.75. The molecule has 0 aliphatic carbocycles. The van der Waals surface area contributed by atoms with Crippen molar-refractivity contribution in [3.8, 4) is 5.75 Å². The SMILES string of the molecule is COc1ccc(S(N)(=O)=O)cc1NC(=O)c1cccc2c1SCCC2. The van der Waals surface area contributed by atoms with Crippen LogP contribution in [0, 0.1) is 0 Å². The molecule has 6 nitrogen and oxygen atoms in total. The summed E-state index contributed by atoms with van der Waals surface area (Å²) in [5.41, 5.74) is 2.00. The lowest BCUT2D eigenvalue weighted by molar-refractivity contribution is 0.102. The van der Waals surface area contributed by atoms with E-state index in [0.29, 0.717) is 11.3 Å². The summed E-state index contributed by atoms with van der Waals surface area (Å²) in [4.78, 5) is 13.6. The molecule has 0 fully saturated rings. The highest BCUT2D eigenvalue weighted by molar-refractivity contribution is 7.99. The van der Waals surface area contributed by atoms with Crippen LogP contribution in [0.1, 0.15) is 22.3 Å². The first-order valence-electron chi connectivity index (χ1n) is 7.67. The van der Waals surface area contributed by atoms with Crippen molar-refractivity contribution in [1.82, 2.24) is 0 Å². The molecule has 1 amide bonds. The number of nitrogens with one attached hydrogen (secondary N) is 1. The third-order valence-corrected chi connectivity index (χ3v) is 6.10. The average molecular weight is 378 g/mol. The minimum absolute atomic E-state index is 0.0898. The molecule has 2 aromatic rings. The number of hydrogen-bond donors (Lipinski definition) is 2. The summed E-state index contributed by atoms with van der Waals surface area (Å²) in [7, 11) is -2.43. The molecule has 1 aliphatic heterocycles. The van der Waals surface area contributed by atoms with Gasteiger partial charge in [0.05, 0.1) is 23.3 Å². The maximum Gasteiger partial charge on any atom is 0.256 e. The van der Waals surface area contributed by atoms with E-state index in [4.69, 9.17) is 9.88 Å². The zero-order valence-electron chi connectivity index (χ0n) is 13.6. The summed E-state index contributed by atoms with van der Waals surface area (Å²) in [6.07, 6.45) is 2.04. The summed E-state index contributed by atoms with van der Waals surface area (Å²) < 4.78 is 28.3. The largest absolute Gasteiger partial charge is 0.495 e. The van der Waals surface area contributed by atoms with Crippen LogP contribution in [0.4, 0.5) is 5.69 Å². The van der Waals surface area contributed by atoms with Gasteiger partial charge in [0.1, 0.15) is 5.75 Å². The first-order chi connectivity index (χ1) is 11.9. The molecule has 0 saturated carbocycles. The molecule has 1 aliphatic rings. The highest BCUT2D eigenvalue weighted by atomic mass is 32.2. The highest BCUT2D eigenvalue weighted by Crippen LogP contribution is 2.34. The van der Waals surface area contributed by atoms with Crippen LogP contribution in [0.5, 0.6) is 5.75 Å². The van der Waals surface area contributed by atoms with E-state index in [1.807, 2.05) is 12.1 Å². The van der Waals surface area contributed by atoms with Gasteiger partial charge in [-0.3, -0.25) is 4.79 Å². The lowest BCUT2D eigenvalue weighted by Gasteiger charge is -2.19. The number of sulfonamides is 1. The van der Waals surface area contributed by atoms with E-state index in [9.17, 15) is 13.2 Å². The van der Waals surface area contributed by atoms with Crippen LogP contribution < -0.4 is 15.2 Å². The van der Waals surface area contributed by atoms with Gasteiger partial charge in [-0.1, -0.05) is 12.1 Å². The zero-order chi connectivity index (χ0) is 18.0. The van der Waals surface area contributed by atoms with Crippen LogP contribution in [0.15, 0.2) is 46.2 Å². The topological polar surface area (TPSA) is 98.5 Å². The van der Waals surface area contributed by atoms with Crippen molar-refractivity contribution in [2.24, 2.45) is 5.14 Å². The average Bonchev–Trinajstić information content (AvgIpc) is 2.60. The van der Waals surface area contributed by atoms with Gasteiger partial charge in [0.15, 0.2) is 0 Å². The van der Waals surface area contributed by atoms with Crippen molar-refractivity contribution in [1.29, 1.82) is 0 Å². The van der Waals surface area contributed by atoms with Crippen LogP contribution in [0.25, 0.3) is 0 Å². The van der Waals surface area contributed by atoms with E-state index < -0.39 is 10.0 Å². The number of benzene rings is 2. The smallest absolute Gasteiger partial charge is 0.256 e. The molecule has 0 spiro atoms. The van der Waals surface area contributed by atoms with E-state index in [-0.39, 0.29) is 16.5 Å². The van der Waals surface area contributed by atoms with E-state index in [0.717, 1.165) is 29.1 Å². The molecular formula is C17H18N2O4S2. The molecule has 0 unspecified atom stereocenters. The Balaban J connectivity index is 1.96. The number of thioether (sulfide) groups is 1. The number of aryl methyl sites for hydroxylation is 1. The van der Waals surface area contributed by atoms with Gasteiger partial charge >= 0.3 is 0 Å². The van der Waals surface area contributed by atoms with Crippen molar-refractivity contribution < 1.29 is 17.9 Å². The number of carbonyl (C=O) groups excluding carboxylic acids is 1. The summed E-state index contributed by atoms with van der Waals surface area (Å²) in [5, 5.41) is 7.91. The predicted octanol–water partition coefficient (Wildman–Crippen LogP) is 2.63. The molecule has 25 heavy (non-hydrogen) atoms. The maximum atomic E-state index is 12.8. The van der Waals surface area contributed by atoms with E-state index in [1.165, 1.54) is 25.3 Å². The molecule has 1 heterocycles. The van der Waals surface area contributed by atoms with Crippen LogP contribution >= 0.6 is 11.8 Å². The monoisotopic (exact) mass is 378 g/mol. The van der Waals surface area contributed by atoms with Gasteiger partial charge in [-0.05, 0) is 48.4 Å². The Morgan fingerprint density at radius 1 is 1.28 bits per heavy atom. The lowest BCUT2D eigenvalue weighted by Crippen LogP contribution is -2.17. The molecule has 8 heteroatoms. The van der Waals surface area contributed by atoms with Crippen molar-refractivity contribution in [2.45, 2.75) is 22.6 Å². The molecular weight excluding hydrogens is 360 g/mol. The van der Waals surface area contributed by atoms with Crippen molar-refractivity contribution in [3.05, 3.63) is 47.5 Å². The Morgan fingerprint density at radius 2 is 2.08 bits per heavy atom. The second-order valence-corrected chi connectivity index (χ2v) is 8.27. The number of rotatable bonds is 4. The Kier molecular flexibility index (Phi) is 5.03. The predicted molar refractivity (Wildman–Crippen MR) is 97.8 cm³/mol. The summed E-state index contributed by atoms with van der Waals surface area (Å²) in [6.45, 7) is 0. The number of carbonyl (C=O) groups is 1. The fourth-order valence-corrected chi connectivity index (χ4v) is 4.42. The van der Waals surface area contributed by atoms with Crippen LogP contribution in [0.3, 0.4) is 0 Å². The highest BCUT2D eigenvalue weighted by Gasteiger charge is 2.20. The number of primary sulfonamides is 1. The molecule has 0 aromatic heterocycles. The van der Waals surface area contributed by atoms with Crippen LogP contribution in [-0.2, 0) is 16.4 Å². The standard InChI is InChI=1S/C17H18N2O4S2/c1-23-15-8-7-12(25(18,21)22)10-14(15)19-17(20)13-6-2-4-11-5-3-9-24-16(11)13/h2,4,6-8,10H,3,5,9H2,1H3,(H,19,20)(H2,18,21,22). The Morgan fingerprint density at radius 3 is 2.80 bits per heavy atom. The van der Waals surface area contributed by atoms with Gasteiger partial charge in [0.2, 0.25) is 10.0 Å². The quantitative estimate of drug-likeness (QED) is 0.852. The first-order valence-corrected chi connectivity index (χ1v) is 10.2. The fraction of sp³-hybridized carbons (Fsp3) is 0.235. The summed E-state index contributed by atoms with van der Waals surface area (Å²) in [5.74, 6) is 1.02. The Hall–Kier alpha value is -2.03. The molecule has 3 N–H and O–H groups in total. The first kappa shape index (κ1) is 17.8. The third-order valence-electron chi connectivity index (χ3n) is 3.93. The van der Waals surface area contributed by atoms with Crippen LogP contribution in [-0.4, -0.2) is 27.2 Å². The minimum atomic E-state index is -3.88. The van der Waals surface area contributed by atoms with Gasteiger partial charge in [0, 0.05) is 4.90 Å². The van der Waals surface area contributed by atoms with Gasteiger partial charge in [-0.25, -0.2) is 13.6 Å². The second-order valence-electron chi connectivity index (χ2n) is 5.61. The molecule has 0 radical (unpaired) electrons. The van der Waals surface area contributed by atoms with Gasteiger partial charge < -0.3 is 10.1 Å². The zero-order valence-corrected chi connectivity index (χ0v) is 15.2. The number of amides is 1. The van der Waals surface area contributed by atoms with Crippen LogP contribution in [0.2, 0.25) is 0 Å². The van der Waals surface area contributed by atoms with E-state index >= 15 is 0 Å². The van der Waals surface area contributed by atoms with E-state index in [2.05, 4.69) is 5.32 Å². The summed E-state index contributed by atoms with van der Waals surface area (Å²) >= 11 is 1.66. The molecule has 0 saturated heterocycles. The van der Waals surface area contributed by atoms with Gasteiger partial charge in [-0.2, -0.15) is 0 Å². The maximum absolute atomic E-state index is 12.8. The number of nitrogens with two attached hydrogens (primary N) is 1. The number of methoxy groups -OCH3 is 1. The van der Waals surface area contributed by atoms with Crippen molar-refractivity contribution in [2.75, 3.05) is 18.2 Å². The third kappa shape index (κ3) is 3.81. The number of hydrogen-bond acceptors (Lipinski definition) is 5. The van der Waals surface area contributed by atoms with E-state index in [1.54, 1.807) is 17.8 Å². The molecule has 0 bridgehead atoms. The van der Waals surface area contributed by atoms with Crippen molar-refractivity contribution in [3.63, 3.8) is 0 Å². The number of anilines is 1. The minimum Gasteiger partial charge on any atom is -0.495 e. The Bertz CT molecular complexity index is 926. The van der Waals surface area contributed by atoms with Gasteiger partial charge in [-0.15, -0.1) is 11.8 Å². The lowest BCUT2D eigenvalue weighted by atomic mass is 10.1.